The number of hydrazine groups is 1. The fraction of sp³-hybridized carbons (Fsp3) is 0.167. The van der Waals surface area contributed by atoms with Gasteiger partial charge in [0, 0.05) is 11.6 Å². The molecular weight excluding hydrogens is 396 g/mol. The largest absolute Gasteiger partial charge is 0.497 e. The van der Waals surface area contributed by atoms with Gasteiger partial charge in [-0.3, -0.25) is 20.4 Å². The summed E-state index contributed by atoms with van der Waals surface area (Å²) in [6.45, 7) is 1.60. The average molecular weight is 420 g/mol. The lowest BCUT2D eigenvalue weighted by Gasteiger charge is -2.15. The summed E-state index contributed by atoms with van der Waals surface area (Å²) in [5.41, 5.74) is 5.36. The highest BCUT2D eigenvalue weighted by atomic mass is 16.5. The number of hydrogen-bond acceptors (Lipinski definition) is 5. The number of fused-ring (bicyclic) bond motifs is 1. The second-order valence-corrected chi connectivity index (χ2v) is 6.69. The van der Waals surface area contributed by atoms with E-state index < -0.39 is 17.9 Å². The smallest absolute Gasteiger partial charge is 0.279 e. The number of nitrogens with one attached hydrogen (secondary N) is 2. The van der Waals surface area contributed by atoms with Gasteiger partial charge in [0.15, 0.2) is 6.10 Å². The molecule has 0 aromatic heterocycles. The standard InChI is InChI=1S/C24H24N2O5/c1-16(31-21-10-8-17-6-4-5-7-18(17)14-21)24(28)26-25-23(27)13-9-19-15-20(29-2)11-12-22(19)30-3/h4-16H,1-3H3,(H,25,27)(H,26,28)/b13-9+/t16-/m1/s1. The molecule has 0 aliphatic carbocycles. The van der Waals surface area contributed by atoms with Crippen LogP contribution in [0.3, 0.4) is 0 Å². The minimum atomic E-state index is -0.802. The summed E-state index contributed by atoms with van der Waals surface area (Å²) in [6.07, 6.45) is 2.05. The number of ether oxygens (including phenoxy) is 3. The van der Waals surface area contributed by atoms with Gasteiger partial charge in [-0.25, -0.2) is 0 Å². The van der Waals surface area contributed by atoms with Gasteiger partial charge in [-0.1, -0.05) is 30.3 Å². The van der Waals surface area contributed by atoms with Gasteiger partial charge >= 0.3 is 0 Å². The average Bonchev–Trinajstić information content (AvgIpc) is 2.80. The van der Waals surface area contributed by atoms with Crippen LogP contribution in [0.1, 0.15) is 12.5 Å². The van der Waals surface area contributed by atoms with Gasteiger partial charge in [0.2, 0.25) is 0 Å². The zero-order valence-corrected chi connectivity index (χ0v) is 17.5. The first-order chi connectivity index (χ1) is 15.0. The van der Waals surface area contributed by atoms with Crippen molar-refractivity contribution in [2.45, 2.75) is 13.0 Å². The Morgan fingerprint density at radius 2 is 1.61 bits per heavy atom. The summed E-state index contributed by atoms with van der Waals surface area (Å²) in [5, 5.41) is 2.10. The molecule has 0 unspecified atom stereocenters. The van der Waals surface area contributed by atoms with Crippen molar-refractivity contribution in [2.24, 2.45) is 0 Å². The van der Waals surface area contributed by atoms with Crippen molar-refractivity contribution in [3.8, 4) is 17.2 Å². The predicted molar refractivity (Wildman–Crippen MR) is 119 cm³/mol. The molecule has 7 heteroatoms. The number of carbonyl (C=O) groups excluding carboxylic acids is 2. The van der Waals surface area contributed by atoms with E-state index in [9.17, 15) is 9.59 Å². The zero-order valence-electron chi connectivity index (χ0n) is 17.5. The van der Waals surface area contributed by atoms with Crippen molar-refractivity contribution in [3.05, 3.63) is 72.3 Å². The Balaban J connectivity index is 1.54. The third kappa shape index (κ3) is 5.76. The lowest BCUT2D eigenvalue weighted by atomic mass is 10.1. The summed E-state index contributed by atoms with van der Waals surface area (Å²) in [7, 11) is 3.09. The number of rotatable bonds is 7. The topological polar surface area (TPSA) is 85.9 Å². The van der Waals surface area contributed by atoms with E-state index in [1.807, 2.05) is 36.4 Å². The summed E-state index contributed by atoms with van der Waals surface area (Å²) in [5.74, 6) is 0.808. The number of amides is 2. The van der Waals surface area contributed by atoms with E-state index in [1.165, 1.54) is 13.2 Å². The first kappa shape index (κ1) is 21.7. The van der Waals surface area contributed by atoms with Crippen LogP contribution in [0.15, 0.2) is 66.7 Å². The molecule has 0 spiro atoms. The Bertz CT molecular complexity index is 1110. The van der Waals surface area contributed by atoms with Crippen molar-refractivity contribution in [1.82, 2.24) is 10.9 Å². The van der Waals surface area contributed by atoms with Crippen LogP contribution >= 0.6 is 0 Å². The first-order valence-corrected chi connectivity index (χ1v) is 9.65. The van der Waals surface area contributed by atoms with Crippen LogP contribution in [0, 0.1) is 0 Å². The van der Waals surface area contributed by atoms with Crippen LogP contribution in [0.4, 0.5) is 0 Å². The third-order valence-corrected chi connectivity index (χ3v) is 4.56. The highest BCUT2D eigenvalue weighted by molar-refractivity contribution is 5.94. The van der Waals surface area contributed by atoms with Gasteiger partial charge < -0.3 is 14.2 Å². The van der Waals surface area contributed by atoms with Gasteiger partial charge in [0.1, 0.15) is 17.2 Å². The van der Waals surface area contributed by atoms with Crippen molar-refractivity contribution >= 4 is 28.7 Å². The minimum absolute atomic E-state index is 0.478. The molecule has 0 aliphatic heterocycles. The Hall–Kier alpha value is -4.00. The van der Waals surface area contributed by atoms with Gasteiger partial charge in [-0.05, 0) is 54.1 Å². The number of hydrogen-bond donors (Lipinski definition) is 2. The fourth-order valence-electron chi connectivity index (χ4n) is 2.90. The Kier molecular flexibility index (Phi) is 7.11. The molecule has 2 N–H and O–H groups in total. The van der Waals surface area contributed by atoms with Crippen molar-refractivity contribution in [1.29, 1.82) is 0 Å². The maximum atomic E-state index is 12.3. The highest BCUT2D eigenvalue weighted by Crippen LogP contribution is 2.25. The van der Waals surface area contributed by atoms with E-state index in [0.717, 1.165) is 10.8 Å². The molecule has 160 valence electrons. The lowest BCUT2D eigenvalue weighted by molar-refractivity contribution is -0.131. The molecule has 0 radical (unpaired) electrons. The molecule has 31 heavy (non-hydrogen) atoms. The normalized spacial score (nSPS) is 11.7. The minimum Gasteiger partial charge on any atom is -0.497 e. The maximum Gasteiger partial charge on any atom is 0.279 e. The van der Waals surface area contributed by atoms with E-state index in [0.29, 0.717) is 22.8 Å². The number of carbonyl (C=O) groups is 2. The molecule has 0 fully saturated rings. The molecule has 0 heterocycles. The molecule has 3 aromatic carbocycles. The van der Waals surface area contributed by atoms with Gasteiger partial charge in [-0.15, -0.1) is 0 Å². The second kappa shape index (κ2) is 10.2. The Labute approximate surface area is 180 Å². The maximum absolute atomic E-state index is 12.3. The van der Waals surface area contributed by atoms with Gasteiger partial charge in [0.25, 0.3) is 11.8 Å². The summed E-state index contributed by atoms with van der Waals surface area (Å²) < 4.78 is 16.1. The van der Waals surface area contributed by atoms with Gasteiger partial charge in [-0.2, -0.15) is 0 Å². The van der Waals surface area contributed by atoms with Crippen molar-refractivity contribution in [2.75, 3.05) is 14.2 Å². The molecule has 2 amide bonds. The molecule has 0 aliphatic rings. The van der Waals surface area contributed by atoms with E-state index in [4.69, 9.17) is 14.2 Å². The monoisotopic (exact) mass is 420 g/mol. The zero-order chi connectivity index (χ0) is 22.2. The SMILES string of the molecule is COc1ccc(OC)c(/C=C/C(=O)NNC(=O)[C@@H](C)Oc2ccc3ccccc3c2)c1. The van der Waals surface area contributed by atoms with Crippen LogP contribution in [0.5, 0.6) is 17.2 Å². The Morgan fingerprint density at radius 1 is 0.871 bits per heavy atom. The Morgan fingerprint density at radius 3 is 2.35 bits per heavy atom. The second-order valence-electron chi connectivity index (χ2n) is 6.69. The van der Waals surface area contributed by atoms with Crippen LogP contribution in [0.2, 0.25) is 0 Å². The van der Waals surface area contributed by atoms with Crippen LogP contribution in [0.25, 0.3) is 16.8 Å². The first-order valence-electron chi connectivity index (χ1n) is 9.65. The van der Waals surface area contributed by atoms with Gasteiger partial charge in [0.05, 0.1) is 14.2 Å². The molecule has 3 aromatic rings. The van der Waals surface area contributed by atoms with Crippen molar-refractivity contribution in [3.63, 3.8) is 0 Å². The summed E-state index contributed by atoms with van der Waals surface area (Å²) in [4.78, 5) is 24.3. The molecule has 0 saturated carbocycles. The van der Waals surface area contributed by atoms with Crippen molar-refractivity contribution < 1.29 is 23.8 Å². The fourth-order valence-corrected chi connectivity index (χ4v) is 2.90. The van der Waals surface area contributed by atoms with Crippen LogP contribution in [-0.4, -0.2) is 32.1 Å². The van der Waals surface area contributed by atoms with Crippen LogP contribution < -0.4 is 25.1 Å². The summed E-state index contributed by atoms with van der Waals surface area (Å²) in [6, 6.07) is 18.7. The highest BCUT2D eigenvalue weighted by Gasteiger charge is 2.15. The lowest BCUT2D eigenvalue weighted by Crippen LogP contribution is -2.46. The molecule has 0 saturated heterocycles. The molecular formula is C24H24N2O5. The van der Waals surface area contributed by atoms with E-state index in [2.05, 4.69) is 10.9 Å². The summed E-state index contributed by atoms with van der Waals surface area (Å²) >= 11 is 0. The molecule has 3 rings (SSSR count). The molecule has 0 bridgehead atoms. The molecule has 1 atom stereocenters. The molecule has 7 nitrogen and oxygen atoms in total. The van der Waals surface area contributed by atoms with E-state index in [-0.39, 0.29) is 0 Å². The van der Waals surface area contributed by atoms with Crippen LogP contribution in [-0.2, 0) is 9.59 Å². The quantitative estimate of drug-likeness (QED) is 0.451. The predicted octanol–water partition coefficient (Wildman–Crippen LogP) is 3.49. The van der Waals surface area contributed by atoms with E-state index in [1.54, 1.807) is 44.4 Å². The third-order valence-electron chi connectivity index (χ3n) is 4.56. The van der Waals surface area contributed by atoms with E-state index >= 15 is 0 Å². The number of methoxy groups -OCH3 is 2. The number of benzene rings is 3.